The molecule has 6 rings (SSSR count). The van der Waals surface area contributed by atoms with Crippen molar-refractivity contribution >= 4 is 0 Å². The molecule has 211 valence electrons. The van der Waals surface area contributed by atoms with Crippen LogP contribution in [0.1, 0.15) is 0 Å². The van der Waals surface area contributed by atoms with E-state index in [0.717, 1.165) is 0 Å². The Bertz CT molecular complexity index is 765. The summed E-state index contributed by atoms with van der Waals surface area (Å²) in [5.74, 6) is 0. The predicted octanol–water partition coefficient (Wildman–Crippen LogP) is 1.98. The topological polar surface area (TPSA) is 304 Å². The Kier molecular flexibility index (Phi) is 33.2. The van der Waals surface area contributed by atoms with E-state index in [1.807, 2.05) is 0 Å². The summed E-state index contributed by atoms with van der Waals surface area (Å²) in [6, 6.07) is 0. The van der Waals surface area contributed by atoms with Gasteiger partial charge in [-0.25, -0.2) is 29.9 Å². The molecule has 0 aromatic carbocycles. The largest absolute Gasteiger partial charge is 2.00 e. The van der Waals surface area contributed by atoms with Crippen LogP contribution in [-0.4, -0.2) is 70.0 Å². The van der Waals surface area contributed by atoms with Crippen LogP contribution in [0.15, 0.2) is 112 Å². The van der Waals surface area contributed by atoms with Crippen molar-refractivity contribution in [3.63, 3.8) is 0 Å². The number of aromatic nitrogens is 12. The fourth-order valence-corrected chi connectivity index (χ4v) is 1.29. The Morgan fingerprint density at radius 2 is 0.513 bits per heavy atom. The number of nitrogens with zero attached hydrogens (tertiary/aromatic N) is 8. The number of hydrogen-bond donors (Lipinski definition) is 6. The van der Waals surface area contributed by atoms with E-state index in [1.165, 1.54) is 0 Å². The Balaban J connectivity index is -0.000000379. The van der Waals surface area contributed by atoms with Crippen LogP contribution >= 0.6 is 0 Å². The van der Waals surface area contributed by atoms with Gasteiger partial charge in [-0.3, -0.25) is 0 Å². The van der Waals surface area contributed by atoms with Gasteiger partial charge in [0, 0.05) is 74.4 Å². The van der Waals surface area contributed by atoms with Gasteiger partial charge < -0.3 is 60.5 Å². The molecule has 0 bridgehead atoms. The van der Waals surface area contributed by atoms with Gasteiger partial charge in [-0.2, -0.15) is 0 Å². The third kappa shape index (κ3) is 50.1. The maximum Gasteiger partial charge on any atom is 2.00 e. The van der Waals surface area contributed by atoms with E-state index in [0.29, 0.717) is 0 Å². The maximum atomic E-state index is 8.25. The third-order valence-corrected chi connectivity index (χ3v) is 2.44. The van der Waals surface area contributed by atoms with Crippen LogP contribution in [0.5, 0.6) is 0 Å². The molecule has 0 fully saturated rings. The molecule has 0 atom stereocenters. The molecule has 0 spiro atoms. The summed E-state index contributed by atoms with van der Waals surface area (Å²) in [6.45, 7) is 0. The summed E-state index contributed by atoms with van der Waals surface area (Å²) in [5.41, 5.74) is 0. The molecule has 0 saturated carbocycles. The molecule has 39 heavy (non-hydrogen) atoms. The van der Waals surface area contributed by atoms with Crippen molar-refractivity contribution in [2.45, 2.75) is 0 Å². The van der Waals surface area contributed by atoms with Gasteiger partial charge in [-0.05, 0) is 0 Å². The number of H-pyrrole nitrogens is 6. The van der Waals surface area contributed by atoms with Crippen molar-refractivity contribution in [1.82, 2.24) is 59.8 Å². The molecule has 6 N–H and O–H groups in total. The zero-order valence-electron chi connectivity index (χ0n) is 19.8. The second-order valence-corrected chi connectivity index (χ2v) is 5.01. The molecule has 0 unspecified atom stereocenters. The normalized spacial score (nSPS) is 7.38. The minimum atomic E-state index is -1.75. The molecule has 0 aliphatic carbocycles. The molecule has 0 aliphatic rings. The molecular formula is C18H24CoN14O6. The molecule has 0 aliphatic heterocycles. The molecule has 6 aromatic heterocycles. The smallest absolute Gasteiger partial charge is 0.356 e. The molecule has 0 saturated heterocycles. The molecule has 6 aromatic rings. The first-order valence-corrected chi connectivity index (χ1v) is 9.66. The van der Waals surface area contributed by atoms with E-state index < -0.39 is 10.2 Å². The van der Waals surface area contributed by atoms with Crippen LogP contribution in [0.2, 0.25) is 0 Å². The van der Waals surface area contributed by atoms with Crippen LogP contribution in [0.3, 0.4) is 0 Å². The molecule has 0 amide bonds. The minimum absolute atomic E-state index is 0. The Morgan fingerprint density at radius 1 is 0.385 bits per heavy atom. The summed E-state index contributed by atoms with van der Waals surface area (Å²) in [4.78, 5) is 55.0. The number of imidazole rings is 6. The van der Waals surface area contributed by atoms with E-state index >= 15 is 0 Å². The first kappa shape index (κ1) is 37.7. The SMILES string of the molecule is O=[N+]([O-])[O-].O=[N+]([O-])[O-].[Co+2].c1c[nH]cn1.c1c[nH]cn1.c1c[nH]cn1.c1c[nH]cn1.c1c[nH]cn1.c1c[nH]cn1. The van der Waals surface area contributed by atoms with E-state index in [1.54, 1.807) is 112 Å². The van der Waals surface area contributed by atoms with Crippen LogP contribution in [0.25, 0.3) is 0 Å². The number of nitrogens with one attached hydrogen (secondary N) is 6. The quantitative estimate of drug-likeness (QED) is 0.109. The summed E-state index contributed by atoms with van der Waals surface area (Å²) in [6.07, 6.45) is 30.5. The van der Waals surface area contributed by atoms with Crippen LogP contribution in [0.4, 0.5) is 0 Å². The first-order chi connectivity index (χ1) is 18.5. The van der Waals surface area contributed by atoms with Gasteiger partial charge in [0.1, 0.15) is 0 Å². The molecule has 20 nitrogen and oxygen atoms in total. The van der Waals surface area contributed by atoms with Gasteiger partial charge in [0.25, 0.3) is 0 Å². The average Bonchev–Trinajstić information content (AvgIpc) is 3.82. The van der Waals surface area contributed by atoms with Crippen LogP contribution in [-0.2, 0) is 16.8 Å². The maximum absolute atomic E-state index is 8.25. The standard InChI is InChI=1S/6C3H4N2.Co.2NO3/c6*1-2-5-3-4-1;;2*2-1(3)4/h6*1-3H,(H,4,5);;;/q;;;;;;+2;2*-1. The van der Waals surface area contributed by atoms with Crippen molar-refractivity contribution in [3.8, 4) is 0 Å². The van der Waals surface area contributed by atoms with Crippen molar-refractivity contribution in [1.29, 1.82) is 0 Å². The average molecular weight is 591 g/mol. The summed E-state index contributed by atoms with van der Waals surface area (Å²) in [7, 11) is 0. The van der Waals surface area contributed by atoms with Crippen molar-refractivity contribution < 1.29 is 27.0 Å². The molecule has 6 heterocycles. The van der Waals surface area contributed by atoms with Crippen molar-refractivity contribution in [2.24, 2.45) is 0 Å². The predicted molar refractivity (Wildman–Crippen MR) is 132 cm³/mol. The van der Waals surface area contributed by atoms with E-state index in [4.69, 9.17) is 30.6 Å². The van der Waals surface area contributed by atoms with Gasteiger partial charge in [0.2, 0.25) is 0 Å². The van der Waals surface area contributed by atoms with Gasteiger partial charge >= 0.3 is 16.8 Å². The summed E-state index contributed by atoms with van der Waals surface area (Å²) < 4.78 is 0. The van der Waals surface area contributed by atoms with Gasteiger partial charge in [-0.1, -0.05) is 0 Å². The minimum Gasteiger partial charge on any atom is -0.356 e. The second-order valence-electron chi connectivity index (χ2n) is 5.01. The van der Waals surface area contributed by atoms with Gasteiger partial charge in [0.05, 0.1) is 48.1 Å². The zero-order valence-corrected chi connectivity index (χ0v) is 20.8. The number of rotatable bonds is 0. The Hall–Kier alpha value is -5.83. The Morgan fingerprint density at radius 3 is 0.538 bits per heavy atom. The third-order valence-electron chi connectivity index (χ3n) is 2.44. The zero-order chi connectivity index (χ0) is 28.4. The van der Waals surface area contributed by atoms with Gasteiger partial charge in [-0.15, -0.1) is 0 Å². The number of hydrogen-bond acceptors (Lipinski definition) is 12. The monoisotopic (exact) mass is 591 g/mol. The van der Waals surface area contributed by atoms with E-state index in [9.17, 15) is 0 Å². The second kappa shape index (κ2) is 34.3. The van der Waals surface area contributed by atoms with Gasteiger partial charge in [0.15, 0.2) is 0 Å². The first-order valence-electron chi connectivity index (χ1n) is 9.66. The van der Waals surface area contributed by atoms with Crippen LogP contribution in [0, 0.1) is 30.6 Å². The number of aromatic amines is 6. The van der Waals surface area contributed by atoms with Crippen molar-refractivity contribution in [2.75, 3.05) is 0 Å². The van der Waals surface area contributed by atoms with E-state index in [-0.39, 0.29) is 16.8 Å². The van der Waals surface area contributed by atoms with Crippen molar-refractivity contribution in [3.05, 3.63) is 143 Å². The van der Waals surface area contributed by atoms with E-state index in [2.05, 4.69) is 59.8 Å². The summed E-state index contributed by atoms with van der Waals surface area (Å²) in [5, 5.41) is 29.5. The Labute approximate surface area is 229 Å². The summed E-state index contributed by atoms with van der Waals surface area (Å²) >= 11 is 0. The fraction of sp³-hybridized carbons (Fsp3) is 0. The van der Waals surface area contributed by atoms with Crippen LogP contribution < -0.4 is 0 Å². The molecule has 1 radical (unpaired) electrons. The fourth-order valence-electron chi connectivity index (χ4n) is 1.29. The molecular weight excluding hydrogens is 567 g/mol. The molecule has 21 heteroatoms.